The fraction of sp³-hybridized carbons (Fsp3) is 0.500. The minimum atomic E-state index is 0.131. The van der Waals surface area contributed by atoms with Crippen LogP contribution in [0.1, 0.15) is 30.4 Å². The minimum absolute atomic E-state index is 0.131. The molecule has 2 nitrogen and oxygen atoms in total. The number of benzene rings is 1. The van der Waals surface area contributed by atoms with E-state index in [-0.39, 0.29) is 5.91 Å². The average Bonchev–Trinajstić information content (AvgIpc) is 2.64. The van der Waals surface area contributed by atoms with Gasteiger partial charge in [0.25, 0.3) is 0 Å². The van der Waals surface area contributed by atoms with Crippen LogP contribution < -0.4 is 5.32 Å². The van der Waals surface area contributed by atoms with E-state index >= 15 is 0 Å². The predicted octanol–water partition coefficient (Wildman–Crippen LogP) is 2.97. The van der Waals surface area contributed by atoms with E-state index in [1.807, 2.05) is 25.1 Å². The van der Waals surface area contributed by atoms with Gasteiger partial charge in [0.1, 0.15) is 0 Å². The number of nitrogens with one attached hydrogen (secondary N) is 1. The van der Waals surface area contributed by atoms with Crippen LogP contribution in [0.3, 0.4) is 0 Å². The number of carbonyl (C=O) groups excluding carboxylic acids is 1. The van der Waals surface area contributed by atoms with Crippen molar-refractivity contribution in [3.05, 3.63) is 35.4 Å². The quantitative estimate of drug-likeness (QED) is 0.854. The smallest absolute Gasteiger partial charge is 0.224 e. The van der Waals surface area contributed by atoms with Crippen LogP contribution in [0.4, 0.5) is 0 Å². The third-order valence-electron chi connectivity index (χ3n) is 3.23. The van der Waals surface area contributed by atoms with Gasteiger partial charge in [0.2, 0.25) is 5.91 Å². The highest BCUT2D eigenvalue weighted by atomic mass is 79.9. The molecule has 0 saturated heterocycles. The van der Waals surface area contributed by atoms with Gasteiger partial charge in [0.05, 0.1) is 6.42 Å². The second-order valence-corrected chi connectivity index (χ2v) is 5.96. The lowest BCUT2D eigenvalue weighted by molar-refractivity contribution is -0.121. The summed E-state index contributed by atoms with van der Waals surface area (Å²) in [5, 5.41) is 3.11. The second kappa shape index (κ2) is 5.67. The van der Waals surface area contributed by atoms with E-state index in [1.54, 1.807) is 0 Å². The number of halogens is 1. The molecular formula is C14H18BrNO. The summed E-state index contributed by atoms with van der Waals surface area (Å²) in [5.41, 5.74) is 2.29. The first-order valence-electron chi connectivity index (χ1n) is 6.14. The van der Waals surface area contributed by atoms with Gasteiger partial charge in [-0.05, 0) is 25.3 Å². The molecule has 1 aromatic rings. The minimum Gasteiger partial charge on any atom is -0.352 e. The molecule has 0 aromatic heterocycles. The fourth-order valence-electron chi connectivity index (χ4n) is 2.34. The molecule has 0 heterocycles. The largest absolute Gasteiger partial charge is 0.352 e. The zero-order valence-electron chi connectivity index (χ0n) is 10.1. The van der Waals surface area contributed by atoms with Crippen molar-refractivity contribution in [2.24, 2.45) is 0 Å². The molecule has 1 saturated carbocycles. The van der Waals surface area contributed by atoms with Crippen LogP contribution in [0.15, 0.2) is 24.3 Å². The van der Waals surface area contributed by atoms with Crippen molar-refractivity contribution in [1.82, 2.24) is 5.32 Å². The number of hydrogen-bond donors (Lipinski definition) is 1. The first-order chi connectivity index (χ1) is 8.15. The maximum Gasteiger partial charge on any atom is 0.224 e. The Balaban J connectivity index is 1.89. The fourth-order valence-corrected chi connectivity index (χ4v) is 3.06. The molecule has 1 amide bonds. The predicted molar refractivity (Wildman–Crippen MR) is 73.4 cm³/mol. The highest BCUT2D eigenvalue weighted by molar-refractivity contribution is 9.09. The number of alkyl halides is 1. The lowest BCUT2D eigenvalue weighted by Crippen LogP contribution is -2.38. The number of amides is 1. The summed E-state index contributed by atoms with van der Waals surface area (Å²) in [6.45, 7) is 2.05. The van der Waals surface area contributed by atoms with Crippen molar-refractivity contribution < 1.29 is 4.79 Å². The van der Waals surface area contributed by atoms with E-state index in [1.165, 1.54) is 12.0 Å². The Morgan fingerprint density at radius 1 is 1.47 bits per heavy atom. The molecule has 2 unspecified atom stereocenters. The molecule has 17 heavy (non-hydrogen) atoms. The van der Waals surface area contributed by atoms with Crippen LogP contribution in [0.5, 0.6) is 0 Å². The number of rotatable bonds is 3. The monoisotopic (exact) mass is 295 g/mol. The Morgan fingerprint density at radius 2 is 2.29 bits per heavy atom. The van der Waals surface area contributed by atoms with Gasteiger partial charge in [-0.1, -0.05) is 52.2 Å². The third kappa shape index (κ3) is 3.56. The van der Waals surface area contributed by atoms with Crippen LogP contribution in [0.2, 0.25) is 0 Å². The molecule has 0 radical (unpaired) electrons. The summed E-state index contributed by atoms with van der Waals surface area (Å²) in [4.78, 5) is 12.3. The summed E-state index contributed by atoms with van der Waals surface area (Å²) in [6, 6.07) is 8.44. The Labute approximate surface area is 111 Å². The lowest BCUT2D eigenvalue weighted by atomic mass is 10.1. The topological polar surface area (TPSA) is 29.1 Å². The number of carbonyl (C=O) groups is 1. The summed E-state index contributed by atoms with van der Waals surface area (Å²) >= 11 is 3.62. The molecule has 0 bridgehead atoms. The zero-order chi connectivity index (χ0) is 12.3. The third-order valence-corrected chi connectivity index (χ3v) is 4.32. The Morgan fingerprint density at radius 3 is 2.94 bits per heavy atom. The Bertz CT molecular complexity index is 405. The second-order valence-electron chi connectivity index (χ2n) is 4.79. The van der Waals surface area contributed by atoms with Gasteiger partial charge in [-0.15, -0.1) is 0 Å². The standard InChI is InChI=1S/C14H18BrNO/c1-10-4-2-5-11(8-10)9-14(17)16-13-7-3-6-12(13)15/h2,4-5,8,12-13H,3,6-7,9H2,1H3,(H,16,17). The van der Waals surface area contributed by atoms with Crippen LogP contribution >= 0.6 is 15.9 Å². The Kier molecular flexibility index (Phi) is 4.21. The van der Waals surface area contributed by atoms with Gasteiger partial charge < -0.3 is 5.32 Å². The van der Waals surface area contributed by atoms with Gasteiger partial charge in [0.15, 0.2) is 0 Å². The lowest BCUT2D eigenvalue weighted by Gasteiger charge is -2.16. The SMILES string of the molecule is Cc1cccc(CC(=O)NC2CCCC2Br)c1. The molecule has 0 spiro atoms. The maximum absolute atomic E-state index is 11.9. The highest BCUT2D eigenvalue weighted by Crippen LogP contribution is 2.25. The molecule has 3 heteroatoms. The molecule has 1 aliphatic carbocycles. The average molecular weight is 296 g/mol. The van der Waals surface area contributed by atoms with Gasteiger partial charge in [-0.25, -0.2) is 0 Å². The van der Waals surface area contributed by atoms with Crippen molar-refractivity contribution >= 4 is 21.8 Å². The van der Waals surface area contributed by atoms with Gasteiger partial charge >= 0.3 is 0 Å². The normalized spacial score (nSPS) is 23.6. The molecule has 1 aromatic carbocycles. The molecule has 1 aliphatic rings. The van der Waals surface area contributed by atoms with Crippen LogP contribution in [-0.2, 0) is 11.2 Å². The molecule has 2 atom stereocenters. The van der Waals surface area contributed by atoms with E-state index < -0.39 is 0 Å². The summed E-state index contributed by atoms with van der Waals surface area (Å²) in [7, 11) is 0. The summed E-state index contributed by atoms with van der Waals surface area (Å²) in [6.07, 6.45) is 3.94. The summed E-state index contributed by atoms with van der Waals surface area (Å²) in [5.74, 6) is 0.131. The molecule has 1 N–H and O–H groups in total. The van der Waals surface area contributed by atoms with Crippen molar-refractivity contribution in [2.45, 2.75) is 43.5 Å². The maximum atomic E-state index is 11.9. The molecule has 0 aliphatic heterocycles. The molecule has 1 fully saturated rings. The molecular weight excluding hydrogens is 278 g/mol. The first kappa shape index (κ1) is 12.6. The van der Waals surface area contributed by atoms with Crippen molar-refractivity contribution in [3.63, 3.8) is 0 Å². The number of hydrogen-bond acceptors (Lipinski definition) is 1. The van der Waals surface area contributed by atoms with E-state index in [2.05, 4.69) is 27.3 Å². The molecule has 92 valence electrons. The van der Waals surface area contributed by atoms with Crippen LogP contribution in [0, 0.1) is 6.92 Å². The van der Waals surface area contributed by atoms with Crippen LogP contribution in [-0.4, -0.2) is 16.8 Å². The van der Waals surface area contributed by atoms with Crippen molar-refractivity contribution in [2.75, 3.05) is 0 Å². The van der Waals surface area contributed by atoms with E-state index in [4.69, 9.17) is 0 Å². The van der Waals surface area contributed by atoms with E-state index in [0.29, 0.717) is 17.3 Å². The summed E-state index contributed by atoms with van der Waals surface area (Å²) < 4.78 is 0. The van der Waals surface area contributed by atoms with Gasteiger partial charge in [-0.2, -0.15) is 0 Å². The van der Waals surface area contributed by atoms with Gasteiger partial charge in [0, 0.05) is 10.9 Å². The molecule has 2 rings (SSSR count). The zero-order valence-corrected chi connectivity index (χ0v) is 11.7. The van der Waals surface area contributed by atoms with E-state index in [0.717, 1.165) is 18.4 Å². The van der Waals surface area contributed by atoms with E-state index in [9.17, 15) is 4.79 Å². The van der Waals surface area contributed by atoms with Crippen molar-refractivity contribution in [1.29, 1.82) is 0 Å². The number of aryl methyl sites for hydroxylation is 1. The van der Waals surface area contributed by atoms with Crippen molar-refractivity contribution in [3.8, 4) is 0 Å². The Hall–Kier alpha value is -0.830. The highest BCUT2D eigenvalue weighted by Gasteiger charge is 2.25. The van der Waals surface area contributed by atoms with Crippen LogP contribution in [0.25, 0.3) is 0 Å². The first-order valence-corrected chi connectivity index (χ1v) is 7.05. The van der Waals surface area contributed by atoms with Gasteiger partial charge in [-0.3, -0.25) is 4.79 Å².